The Morgan fingerprint density at radius 2 is 1.83 bits per heavy atom. The first-order chi connectivity index (χ1) is 17.7. The van der Waals surface area contributed by atoms with Crippen LogP contribution in [-0.2, 0) is 16.0 Å². The first-order valence-corrected chi connectivity index (χ1v) is 13.4. The first kappa shape index (κ1) is 23.6. The van der Waals surface area contributed by atoms with Gasteiger partial charge in [-0.15, -0.1) is 0 Å². The highest BCUT2D eigenvalue weighted by atomic mass is 19.1. The lowest BCUT2D eigenvalue weighted by molar-refractivity contribution is -0.139. The topological polar surface area (TPSA) is 54.5 Å². The fourth-order valence-corrected chi connectivity index (χ4v) is 6.57. The van der Waals surface area contributed by atoms with Crippen molar-refractivity contribution < 1.29 is 13.9 Å². The van der Waals surface area contributed by atoms with Crippen molar-refractivity contribution in [1.29, 1.82) is 0 Å². The summed E-state index contributed by atoms with van der Waals surface area (Å²) in [5.74, 6) is 0.462. The number of nitrogens with one attached hydrogen (secondary N) is 1. The first-order valence-electron chi connectivity index (χ1n) is 13.4. The second-order valence-electron chi connectivity index (χ2n) is 10.8. The van der Waals surface area contributed by atoms with Gasteiger partial charge in [0.2, 0.25) is 5.91 Å². The number of amides is 1. The molecule has 4 heterocycles. The van der Waals surface area contributed by atoms with Crippen LogP contribution in [0.15, 0.2) is 60.8 Å². The Morgan fingerprint density at radius 1 is 1.06 bits per heavy atom. The molecule has 1 aromatic heterocycles. The van der Waals surface area contributed by atoms with Crippen LogP contribution in [0.4, 0.5) is 4.39 Å². The van der Waals surface area contributed by atoms with Gasteiger partial charge in [0.05, 0.1) is 25.2 Å². The molecule has 2 bridgehead atoms. The normalized spacial score (nSPS) is 25.0. The van der Waals surface area contributed by atoms with Crippen molar-refractivity contribution in [3.05, 3.63) is 77.7 Å². The number of piperidine rings is 1. The predicted molar refractivity (Wildman–Crippen MR) is 138 cm³/mol. The number of ether oxygens (including phenoxy) is 1. The second-order valence-corrected chi connectivity index (χ2v) is 10.8. The van der Waals surface area contributed by atoms with E-state index in [1.165, 1.54) is 42.9 Å². The summed E-state index contributed by atoms with van der Waals surface area (Å²) in [5.41, 5.74) is 2.87. The van der Waals surface area contributed by atoms with Gasteiger partial charge in [-0.2, -0.15) is 0 Å². The highest BCUT2D eigenvalue weighted by molar-refractivity contribution is 5.82. The minimum absolute atomic E-state index is 0.0131. The Kier molecular flexibility index (Phi) is 6.72. The number of para-hydroxylation sites is 1. The number of carbonyl (C=O) groups excluding carboxylic acids is 1. The zero-order valence-corrected chi connectivity index (χ0v) is 20.6. The molecule has 188 valence electrons. The fourth-order valence-electron chi connectivity index (χ4n) is 6.57. The Morgan fingerprint density at radius 3 is 2.56 bits per heavy atom. The summed E-state index contributed by atoms with van der Waals surface area (Å²) in [5, 5.41) is 4.26. The molecular formula is C30H34FN3O2. The Hall–Kier alpha value is -2.83. The van der Waals surface area contributed by atoms with Crippen LogP contribution in [0.3, 0.4) is 0 Å². The monoisotopic (exact) mass is 487 g/mol. The third-order valence-electron chi connectivity index (χ3n) is 8.51. The molecule has 5 nitrogen and oxygen atoms in total. The number of nitrogens with zero attached hydrogens (tertiary/aromatic N) is 2. The minimum atomic E-state index is -0.242. The van der Waals surface area contributed by atoms with Crippen LogP contribution in [0.25, 0.3) is 10.9 Å². The van der Waals surface area contributed by atoms with E-state index in [1.54, 1.807) is 12.3 Å². The number of hydrogen-bond acceptors (Lipinski definition) is 4. The molecule has 0 spiro atoms. The lowest BCUT2D eigenvalue weighted by Crippen LogP contribution is -2.46. The molecule has 6 rings (SSSR count). The van der Waals surface area contributed by atoms with Crippen LogP contribution in [0.1, 0.15) is 49.3 Å². The Bertz CT molecular complexity index is 1200. The van der Waals surface area contributed by atoms with E-state index in [2.05, 4.69) is 33.4 Å². The number of aromatic nitrogens is 1. The Balaban J connectivity index is 1.11. The molecule has 3 atom stereocenters. The van der Waals surface area contributed by atoms with Crippen LogP contribution in [0.2, 0.25) is 0 Å². The van der Waals surface area contributed by atoms with E-state index in [4.69, 9.17) is 4.74 Å². The van der Waals surface area contributed by atoms with E-state index in [9.17, 15) is 9.18 Å². The molecule has 3 fully saturated rings. The molecule has 3 saturated heterocycles. The zero-order valence-electron chi connectivity index (χ0n) is 20.6. The van der Waals surface area contributed by atoms with Gasteiger partial charge in [-0.25, -0.2) is 4.39 Å². The minimum Gasteiger partial charge on any atom is -0.380 e. The maximum atomic E-state index is 14.2. The van der Waals surface area contributed by atoms with Gasteiger partial charge in [-0.1, -0.05) is 42.5 Å². The number of rotatable bonds is 8. The molecule has 6 heteroatoms. The molecule has 0 aliphatic carbocycles. The molecule has 0 radical (unpaired) electrons. The van der Waals surface area contributed by atoms with Crippen molar-refractivity contribution >= 4 is 16.8 Å². The molecule has 3 aliphatic rings. The molecular weight excluding hydrogens is 453 g/mol. The number of pyridine rings is 1. The van der Waals surface area contributed by atoms with Gasteiger partial charge in [0.25, 0.3) is 0 Å². The van der Waals surface area contributed by atoms with E-state index < -0.39 is 0 Å². The third-order valence-corrected chi connectivity index (χ3v) is 8.51. The molecule has 36 heavy (non-hydrogen) atoms. The molecule has 1 N–H and O–H groups in total. The summed E-state index contributed by atoms with van der Waals surface area (Å²) >= 11 is 0. The smallest absolute Gasteiger partial charge is 0.228 e. The summed E-state index contributed by atoms with van der Waals surface area (Å²) in [4.78, 5) is 19.7. The second kappa shape index (κ2) is 10.3. The van der Waals surface area contributed by atoms with Crippen LogP contribution in [0.5, 0.6) is 0 Å². The molecule has 1 amide bonds. The van der Waals surface area contributed by atoms with E-state index in [0.29, 0.717) is 36.7 Å². The van der Waals surface area contributed by atoms with Gasteiger partial charge in [-0.3, -0.25) is 14.7 Å². The number of fused-ring (bicyclic) bond motifs is 3. The molecule has 2 unspecified atom stereocenters. The molecule has 2 aromatic carbocycles. The van der Waals surface area contributed by atoms with Crippen molar-refractivity contribution in [1.82, 2.24) is 15.2 Å². The van der Waals surface area contributed by atoms with Crippen LogP contribution in [0, 0.1) is 17.7 Å². The quantitative estimate of drug-likeness (QED) is 0.483. The fraction of sp³-hybridized carbons (Fsp3) is 0.467. The number of halogens is 1. The van der Waals surface area contributed by atoms with Gasteiger partial charge in [0.15, 0.2) is 0 Å². The van der Waals surface area contributed by atoms with E-state index in [-0.39, 0.29) is 23.7 Å². The number of hydrogen-bond donors (Lipinski definition) is 1. The number of benzene rings is 2. The van der Waals surface area contributed by atoms with Crippen LogP contribution in [-0.4, -0.2) is 47.6 Å². The summed E-state index contributed by atoms with van der Waals surface area (Å²) in [7, 11) is 0. The van der Waals surface area contributed by atoms with Gasteiger partial charge in [0.1, 0.15) is 11.3 Å². The van der Waals surface area contributed by atoms with Crippen molar-refractivity contribution in [3.63, 3.8) is 0 Å². The molecule has 3 aromatic rings. The maximum Gasteiger partial charge on any atom is 0.228 e. The van der Waals surface area contributed by atoms with Crippen molar-refractivity contribution in [2.24, 2.45) is 11.8 Å². The van der Waals surface area contributed by atoms with Crippen molar-refractivity contribution in [2.75, 3.05) is 19.8 Å². The number of carbonyl (C=O) groups is 1. The van der Waals surface area contributed by atoms with Gasteiger partial charge < -0.3 is 10.1 Å². The summed E-state index contributed by atoms with van der Waals surface area (Å²) < 4.78 is 19.5. The predicted octanol–water partition coefficient (Wildman–Crippen LogP) is 5.05. The molecule has 3 aliphatic heterocycles. The highest BCUT2D eigenvalue weighted by Gasteiger charge is 2.40. The van der Waals surface area contributed by atoms with Crippen molar-refractivity contribution in [2.45, 2.75) is 56.7 Å². The van der Waals surface area contributed by atoms with E-state index in [0.717, 1.165) is 24.8 Å². The van der Waals surface area contributed by atoms with Crippen LogP contribution >= 0.6 is 0 Å². The SMILES string of the molecule is O=C(N[C@@H](CCN1C2CCC1CC(Cc1ccnc3c(F)cccc13)C2)c1ccccc1)C1COC1. The average molecular weight is 488 g/mol. The van der Waals surface area contributed by atoms with Crippen molar-refractivity contribution in [3.8, 4) is 0 Å². The van der Waals surface area contributed by atoms with Gasteiger partial charge in [0, 0.05) is 30.2 Å². The summed E-state index contributed by atoms with van der Waals surface area (Å²) in [6.07, 6.45) is 8.49. The Labute approximate surface area is 212 Å². The third kappa shape index (κ3) is 4.76. The summed E-state index contributed by atoms with van der Waals surface area (Å²) in [6.45, 7) is 2.06. The molecule has 0 saturated carbocycles. The van der Waals surface area contributed by atoms with Crippen LogP contribution < -0.4 is 5.32 Å². The lowest BCUT2D eigenvalue weighted by Gasteiger charge is -2.40. The lowest BCUT2D eigenvalue weighted by atomic mass is 9.85. The van der Waals surface area contributed by atoms with Gasteiger partial charge >= 0.3 is 0 Å². The van der Waals surface area contributed by atoms with E-state index in [1.807, 2.05) is 24.3 Å². The van der Waals surface area contributed by atoms with Gasteiger partial charge in [-0.05, 0) is 67.7 Å². The average Bonchev–Trinajstić information content (AvgIpc) is 3.09. The standard InChI is InChI=1S/C30H34FN3O2/c31-27-8-4-7-26-22(11-13-32-29(26)27)15-20-16-24-9-10-25(17-20)34(24)14-12-28(21-5-2-1-3-6-21)33-30(35)23-18-36-19-23/h1-8,11,13,20,23-25,28H,9-10,12,14-19H2,(H,33,35)/t20?,24?,25?,28-/m0/s1. The summed E-state index contributed by atoms with van der Waals surface area (Å²) in [6, 6.07) is 18.9. The largest absolute Gasteiger partial charge is 0.380 e. The van der Waals surface area contributed by atoms with E-state index >= 15 is 0 Å². The highest BCUT2D eigenvalue weighted by Crippen LogP contribution is 2.41. The maximum absolute atomic E-state index is 14.2. The zero-order chi connectivity index (χ0) is 24.5.